The van der Waals surface area contributed by atoms with E-state index in [0.29, 0.717) is 5.69 Å². The van der Waals surface area contributed by atoms with Crippen molar-refractivity contribution in [3.63, 3.8) is 0 Å². The predicted octanol–water partition coefficient (Wildman–Crippen LogP) is 1.64. The molecule has 10 nitrogen and oxygen atoms in total. The first-order chi connectivity index (χ1) is 10.2. The fraction of sp³-hybridized carbons (Fsp3) is 0. The molecule has 0 aliphatic rings. The first kappa shape index (κ1) is 16.5. The summed E-state index contributed by atoms with van der Waals surface area (Å²) in [5.74, 6) is -0.143. The van der Waals surface area contributed by atoms with Crippen LogP contribution < -0.4 is 17.2 Å². The molecule has 0 spiro atoms. The van der Waals surface area contributed by atoms with Crippen molar-refractivity contribution in [3.8, 4) is 5.75 Å². The van der Waals surface area contributed by atoms with Crippen LogP contribution in [0, 0.1) is 20.2 Å². The van der Waals surface area contributed by atoms with Gasteiger partial charge in [-0.15, -0.1) is 0 Å². The number of rotatable bonds is 2. The van der Waals surface area contributed by atoms with E-state index in [1.54, 1.807) is 0 Å². The molecule has 0 bridgehead atoms. The Kier molecular flexibility index (Phi) is 5.06. The number of nitro benzene ring substituents is 2. The number of nitro groups is 2. The maximum absolute atomic E-state index is 10.2. The molecule has 0 saturated carbocycles. The minimum absolute atomic E-state index is 0.0131. The Hall–Kier alpha value is -3.56. The fourth-order valence-corrected chi connectivity index (χ4v) is 1.33. The first-order valence-corrected chi connectivity index (χ1v) is 5.74. The first-order valence-electron chi connectivity index (χ1n) is 5.74. The molecule has 2 aromatic carbocycles. The van der Waals surface area contributed by atoms with Gasteiger partial charge in [-0.3, -0.25) is 20.2 Å². The third kappa shape index (κ3) is 4.23. The molecule has 2 rings (SSSR count). The van der Waals surface area contributed by atoms with Crippen LogP contribution in [0.25, 0.3) is 0 Å². The van der Waals surface area contributed by atoms with E-state index in [1.165, 1.54) is 30.3 Å². The van der Waals surface area contributed by atoms with Crippen LogP contribution in [0.4, 0.5) is 28.4 Å². The molecule has 0 radical (unpaired) electrons. The van der Waals surface area contributed by atoms with Crippen molar-refractivity contribution >= 4 is 28.4 Å². The zero-order valence-electron chi connectivity index (χ0n) is 11.2. The maximum Gasteiger partial charge on any atom is 0.271 e. The molecular weight excluding hydrogens is 294 g/mol. The van der Waals surface area contributed by atoms with Crippen molar-refractivity contribution in [2.75, 3.05) is 17.2 Å². The van der Waals surface area contributed by atoms with E-state index in [2.05, 4.69) is 0 Å². The molecule has 0 fully saturated rings. The number of benzene rings is 2. The summed E-state index contributed by atoms with van der Waals surface area (Å²) >= 11 is 0. The predicted molar refractivity (Wildman–Crippen MR) is 81.1 cm³/mol. The van der Waals surface area contributed by atoms with Crippen LogP contribution in [-0.4, -0.2) is 15.0 Å². The third-order valence-electron chi connectivity index (χ3n) is 2.50. The van der Waals surface area contributed by atoms with Crippen LogP contribution >= 0.6 is 0 Å². The average Bonchev–Trinajstić information content (AvgIpc) is 2.45. The highest BCUT2D eigenvalue weighted by molar-refractivity contribution is 5.66. The molecule has 0 unspecified atom stereocenters. The monoisotopic (exact) mass is 307 g/mol. The molecule has 0 aromatic heterocycles. The number of nitrogens with zero attached hydrogens (tertiary/aromatic N) is 2. The average molecular weight is 307 g/mol. The fourth-order valence-electron chi connectivity index (χ4n) is 1.33. The van der Waals surface area contributed by atoms with Gasteiger partial charge in [-0.25, -0.2) is 0 Å². The van der Waals surface area contributed by atoms with Crippen LogP contribution in [0.1, 0.15) is 0 Å². The van der Waals surface area contributed by atoms with E-state index in [4.69, 9.17) is 22.3 Å². The lowest BCUT2D eigenvalue weighted by Crippen LogP contribution is -1.96. The number of non-ortho nitro benzene ring substituents is 2. The molecule has 0 atom stereocenters. The summed E-state index contributed by atoms with van der Waals surface area (Å²) in [5.41, 5.74) is 16.3. The van der Waals surface area contributed by atoms with E-state index in [9.17, 15) is 20.2 Å². The minimum Gasteiger partial charge on any atom is -0.506 e. The molecule has 0 aliphatic heterocycles. The lowest BCUT2D eigenvalue weighted by atomic mass is 10.2. The van der Waals surface area contributed by atoms with Crippen molar-refractivity contribution < 1.29 is 15.0 Å². The van der Waals surface area contributed by atoms with Gasteiger partial charge in [-0.05, 0) is 12.1 Å². The van der Waals surface area contributed by atoms with Crippen molar-refractivity contribution in [1.29, 1.82) is 0 Å². The summed E-state index contributed by atoms with van der Waals surface area (Å²) in [5, 5.41) is 29.2. The van der Waals surface area contributed by atoms with Gasteiger partial charge in [0, 0.05) is 24.3 Å². The van der Waals surface area contributed by atoms with E-state index >= 15 is 0 Å². The number of nitrogen functional groups attached to an aromatic ring is 3. The summed E-state index contributed by atoms with van der Waals surface area (Å²) in [6, 6.07) is 7.43. The normalized spacial score (nSPS) is 9.45. The van der Waals surface area contributed by atoms with E-state index < -0.39 is 9.85 Å². The molecule has 0 saturated heterocycles. The summed E-state index contributed by atoms with van der Waals surface area (Å²) < 4.78 is 0. The molecule has 2 aromatic rings. The van der Waals surface area contributed by atoms with Crippen LogP contribution in [-0.2, 0) is 0 Å². The lowest BCUT2D eigenvalue weighted by molar-refractivity contribution is -0.385. The number of anilines is 3. The highest BCUT2D eigenvalue weighted by Crippen LogP contribution is 2.24. The van der Waals surface area contributed by atoms with Gasteiger partial charge in [0.2, 0.25) is 0 Å². The van der Waals surface area contributed by atoms with Crippen molar-refractivity contribution in [3.05, 3.63) is 56.6 Å². The van der Waals surface area contributed by atoms with Crippen molar-refractivity contribution in [2.24, 2.45) is 0 Å². The highest BCUT2D eigenvalue weighted by atomic mass is 16.6. The number of hydrogen-bond acceptors (Lipinski definition) is 8. The Morgan fingerprint density at radius 2 is 1.23 bits per heavy atom. The molecule has 0 heterocycles. The molecular formula is C12H13N5O5. The van der Waals surface area contributed by atoms with Crippen LogP contribution in [0.15, 0.2) is 36.4 Å². The second-order valence-corrected chi connectivity index (χ2v) is 4.07. The Morgan fingerprint density at radius 1 is 0.773 bits per heavy atom. The van der Waals surface area contributed by atoms with Gasteiger partial charge in [-0.1, -0.05) is 0 Å². The van der Waals surface area contributed by atoms with Gasteiger partial charge in [0.05, 0.1) is 26.9 Å². The zero-order valence-corrected chi connectivity index (χ0v) is 11.2. The smallest absolute Gasteiger partial charge is 0.271 e. The van der Waals surface area contributed by atoms with Gasteiger partial charge in [0.25, 0.3) is 11.4 Å². The van der Waals surface area contributed by atoms with Crippen LogP contribution in [0.2, 0.25) is 0 Å². The number of phenols is 1. The lowest BCUT2D eigenvalue weighted by Gasteiger charge is -1.97. The summed E-state index contributed by atoms with van der Waals surface area (Å²) in [7, 11) is 0. The molecule has 10 heteroatoms. The second kappa shape index (κ2) is 6.74. The standard InChI is InChI=1S/C6H7N3O2.C6H6N2O3/c7-5-2-1-4(9(10)11)3-6(5)8;7-5-3-4(8(10)11)1-2-6(5)9/h1-3H,7-8H2;1-3,9H,7H2. The quantitative estimate of drug-likeness (QED) is 0.279. The van der Waals surface area contributed by atoms with Crippen molar-refractivity contribution in [1.82, 2.24) is 0 Å². The SMILES string of the molecule is Nc1cc([N+](=O)[O-])ccc1O.Nc1ccc([N+](=O)[O-])cc1N. The Morgan fingerprint density at radius 3 is 1.64 bits per heavy atom. The number of hydrogen-bond donors (Lipinski definition) is 4. The topological polar surface area (TPSA) is 185 Å². The number of aromatic hydroxyl groups is 1. The summed E-state index contributed by atoms with van der Waals surface area (Å²) in [6.45, 7) is 0. The van der Waals surface area contributed by atoms with Crippen molar-refractivity contribution in [2.45, 2.75) is 0 Å². The molecule has 116 valence electrons. The Balaban J connectivity index is 0.000000220. The number of nitrogens with two attached hydrogens (primary N) is 3. The number of phenolic OH excluding ortho intramolecular Hbond substituents is 1. The van der Waals surface area contributed by atoms with Gasteiger partial charge < -0.3 is 22.3 Å². The van der Waals surface area contributed by atoms with E-state index in [1.807, 2.05) is 0 Å². The molecule has 0 amide bonds. The molecule has 22 heavy (non-hydrogen) atoms. The van der Waals surface area contributed by atoms with Gasteiger partial charge in [0.15, 0.2) is 0 Å². The summed E-state index contributed by atoms with van der Waals surface area (Å²) in [4.78, 5) is 19.2. The molecule has 0 aliphatic carbocycles. The minimum atomic E-state index is -0.574. The molecule has 7 N–H and O–H groups in total. The van der Waals surface area contributed by atoms with Gasteiger partial charge >= 0.3 is 0 Å². The maximum atomic E-state index is 10.2. The van der Waals surface area contributed by atoms with Gasteiger partial charge in [0.1, 0.15) is 5.75 Å². The zero-order chi connectivity index (χ0) is 16.9. The Bertz CT molecular complexity index is 658. The van der Waals surface area contributed by atoms with Crippen LogP contribution in [0.5, 0.6) is 5.75 Å². The Labute approximate surface area is 124 Å². The van der Waals surface area contributed by atoms with Gasteiger partial charge in [-0.2, -0.15) is 0 Å². The van der Waals surface area contributed by atoms with E-state index in [-0.39, 0.29) is 28.5 Å². The van der Waals surface area contributed by atoms with E-state index in [0.717, 1.165) is 6.07 Å². The second-order valence-electron chi connectivity index (χ2n) is 4.07. The third-order valence-corrected chi connectivity index (χ3v) is 2.50. The van der Waals surface area contributed by atoms with Crippen LogP contribution in [0.3, 0.4) is 0 Å². The largest absolute Gasteiger partial charge is 0.506 e. The summed E-state index contributed by atoms with van der Waals surface area (Å²) in [6.07, 6.45) is 0. The highest BCUT2D eigenvalue weighted by Gasteiger charge is 2.07.